The molecule has 1 heterocycles. The van der Waals surface area contributed by atoms with Gasteiger partial charge in [-0.3, -0.25) is 4.79 Å². The number of amides is 1. The first-order valence-corrected chi connectivity index (χ1v) is 5.96. The summed E-state index contributed by atoms with van der Waals surface area (Å²) < 4.78 is 0. The highest BCUT2D eigenvalue weighted by Crippen LogP contribution is 2.19. The van der Waals surface area contributed by atoms with Crippen molar-refractivity contribution < 1.29 is 4.79 Å². The summed E-state index contributed by atoms with van der Waals surface area (Å²) in [4.78, 5) is 19.7. The molecule has 1 aromatic heterocycles. The standard InChI is InChI=1S/C13H12ClN3O/c1-2-12(18)16-11-8-10(14)15-13(17-11)9-6-4-3-5-7-9/h3-8H,2H2,1H3,(H,15,16,17,18). The summed E-state index contributed by atoms with van der Waals surface area (Å²) in [5.74, 6) is 0.805. The summed E-state index contributed by atoms with van der Waals surface area (Å²) in [6.45, 7) is 1.77. The Morgan fingerprint density at radius 2 is 2.00 bits per heavy atom. The maximum absolute atomic E-state index is 11.3. The van der Waals surface area contributed by atoms with Gasteiger partial charge in [0.05, 0.1) is 0 Å². The van der Waals surface area contributed by atoms with Crippen molar-refractivity contribution in [1.29, 1.82) is 0 Å². The molecule has 5 heteroatoms. The minimum absolute atomic E-state index is 0.108. The van der Waals surface area contributed by atoms with Gasteiger partial charge in [-0.15, -0.1) is 0 Å². The first-order valence-electron chi connectivity index (χ1n) is 5.59. The quantitative estimate of drug-likeness (QED) is 0.864. The number of carbonyl (C=O) groups is 1. The van der Waals surface area contributed by atoms with Crippen molar-refractivity contribution in [2.24, 2.45) is 0 Å². The van der Waals surface area contributed by atoms with Crippen molar-refractivity contribution in [3.05, 3.63) is 41.6 Å². The summed E-state index contributed by atoms with van der Waals surface area (Å²) in [7, 11) is 0. The average molecular weight is 262 g/mol. The lowest BCUT2D eigenvalue weighted by Crippen LogP contribution is -2.11. The molecule has 18 heavy (non-hydrogen) atoms. The number of benzene rings is 1. The van der Waals surface area contributed by atoms with Crippen LogP contribution in [0.5, 0.6) is 0 Å². The molecular formula is C13H12ClN3O. The molecule has 92 valence electrons. The molecule has 1 aromatic carbocycles. The zero-order valence-corrected chi connectivity index (χ0v) is 10.6. The highest BCUT2D eigenvalue weighted by molar-refractivity contribution is 6.29. The van der Waals surface area contributed by atoms with Crippen LogP contribution in [-0.4, -0.2) is 15.9 Å². The molecule has 0 spiro atoms. The minimum Gasteiger partial charge on any atom is -0.311 e. The summed E-state index contributed by atoms with van der Waals surface area (Å²) in [6.07, 6.45) is 0.391. The van der Waals surface area contributed by atoms with E-state index in [1.54, 1.807) is 6.92 Å². The maximum atomic E-state index is 11.3. The molecule has 0 radical (unpaired) electrons. The van der Waals surface area contributed by atoms with Gasteiger partial charge in [-0.25, -0.2) is 9.97 Å². The monoisotopic (exact) mass is 261 g/mol. The first-order chi connectivity index (χ1) is 8.69. The summed E-state index contributed by atoms with van der Waals surface area (Å²) in [6, 6.07) is 11.0. The van der Waals surface area contributed by atoms with Gasteiger partial charge < -0.3 is 5.32 Å². The normalized spacial score (nSPS) is 10.1. The molecule has 0 atom stereocenters. The van der Waals surface area contributed by atoms with Crippen LogP contribution in [0.4, 0.5) is 5.82 Å². The van der Waals surface area contributed by atoms with Crippen molar-refractivity contribution in [3.8, 4) is 11.4 Å². The van der Waals surface area contributed by atoms with Gasteiger partial charge in [-0.05, 0) is 0 Å². The molecule has 4 nitrogen and oxygen atoms in total. The van der Waals surface area contributed by atoms with E-state index in [9.17, 15) is 4.79 Å². The lowest BCUT2D eigenvalue weighted by molar-refractivity contribution is -0.115. The predicted molar refractivity (Wildman–Crippen MR) is 71.4 cm³/mol. The van der Waals surface area contributed by atoms with Crippen LogP contribution >= 0.6 is 11.6 Å². The molecule has 0 saturated carbocycles. The van der Waals surface area contributed by atoms with E-state index >= 15 is 0 Å². The number of carbonyl (C=O) groups excluding carboxylic acids is 1. The van der Waals surface area contributed by atoms with Crippen molar-refractivity contribution in [2.45, 2.75) is 13.3 Å². The molecule has 1 N–H and O–H groups in total. The van der Waals surface area contributed by atoms with Gasteiger partial charge in [0.15, 0.2) is 5.82 Å². The molecule has 0 aliphatic heterocycles. The largest absolute Gasteiger partial charge is 0.311 e. The van der Waals surface area contributed by atoms with E-state index in [1.807, 2.05) is 30.3 Å². The van der Waals surface area contributed by atoms with Crippen molar-refractivity contribution >= 4 is 23.3 Å². The Bertz CT molecular complexity index is 557. The summed E-state index contributed by atoms with van der Waals surface area (Å²) in [5.41, 5.74) is 0.854. The van der Waals surface area contributed by atoms with Crippen LogP contribution in [0.3, 0.4) is 0 Å². The second-order valence-electron chi connectivity index (χ2n) is 3.67. The predicted octanol–water partition coefficient (Wildman–Crippen LogP) is 3.15. The van der Waals surface area contributed by atoms with Gasteiger partial charge in [0.2, 0.25) is 5.91 Å². The van der Waals surface area contributed by atoms with Crippen LogP contribution in [0.2, 0.25) is 5.15 Å². The lowest BCUT2D eigenvalue weighted by atomic mass is 10.2. The molecule has 2 aromatic rings. The van der Waals surface area contributed by atoms with Crippen LogP contribution in [0.15, 0.2) is 36.4 Å². The van der Waals surface area contributed by atoms with Gasteiger partial charge >= 0.3 is 0 Å². The Hall–Kier alpha value is -1.94. The van der Waals surface area contributed by atoms with E-state index in [2.05, 4.69) is 15.3 Å². The fourth-order valence-electron chi connectivity index (χ4n) is 1.43. The molecule has 0 aliphatic rings. The smallest absolute Gasteiger partial charge is 0.225 e. The van der Waals surface area contributed by atoms with E-state index in [4.69, 9.17) is 11.6 Å². The third-order valence-corrected chi connectivity index (χ3v) is 2.51. The molecular weight excluding hydrogens is 250 g/mol. The van der Waals surface area contributed by atoms with Gasteiger partial charge in [-0.1, -0.05) is 48.9 Å². The molecule has 2 rings (SSSR count). The fraction of sp³-hybridized carbons (Fsp3) is 0.154. The minimum atomic E-state index is -0.108. The number of aromatic nitrogens is 2. The molecule has 0 bridgehead atoms. The Balaban J connectivity index is 2.35. The number of nitrogens with zero attached hydrogens (tertiary/aromatic N) is 2. The van der Waals surface area contributed by atoms with Crippen molar-refractivity contribution in [2.75, 3.05) is 5.32 Å². The van der Waals surface area contributed by atoms with Crippen LogP contribution < -0.4 is 5.32 Å². The fourth-order valence-corrected chi connectivity index (χ4v) is 1.61. The third kappa shape index (κ3) is 3.05. The lowest BCUT2D eigenvalue weighted by Gasteiger charge is -2.06. The Labute approximate surface area is 110 Å². The van der Waals surface area contributed by atoms with E-state index in [0.717, 1.165) is 5.56 Å². The van der Waals surface area contributed by atoms with Gasteiger partial charge in [0.25, 0.3) is 0 Å². The van der Waals surface area contributed by atoms with Crippen molar-refractivity contribution in [3.63, 3.8) is 0 Å². The van der Waals surface area contributed by atoms with Crippen LogP contribution in [0.25, 0.3) is 11.4 Å². The molecule has 0 fully saturated rings. The molecule has 1 amide bonds. The number of nitrogens with one attached hydrogen (secondary N) is 1. The highest BCUT2D eigenvalue weighted by Gasteiger charge is 2.07. The Morgan fingerprint density at radius 3 is 2.67 bits per heavy atom. The number of hydrogen-bond donors (Lipinski definition) is 1. The van der Waals surface area contributed by atoms with E-state index in [-0.39, 0.29) is 5.91 Å². The number of halogens is 1. The molecule has 0 unspecified atom stereocenters. The van der Waals surface area contributed by atoms with Crippen LogP contribution in [0.1, 0.15) is 13.3 Å². The number of rotatable bonds is 3. The zero-order chi connectivity index (χ0) is 13.0. The van der Waals surface area contributed by atoms with Crippen LogP contribution in [-0.2, 0) is 4.79 Å². The topological polar surface area (TPSA) is 54.9 Å². The molecule has 0 aliphatic carbocycles. The van der Waals surface area contributed by atoms with Gasteiger partial charge in [-0.2, -0.15) is 0 Å². The summed E-state index contributed by atoms with van der Waals surface area (Å²) in [5, 5.41) is 2.97. The third-order valence-electron chi connectivity index (χ3n) is 2.32. The highest BCUT2D eigenvalue weighted by atomic mass is 35.5. The Kier molecular flexibility index (Phi) is 3.89. The first kappa shape index (κ1) is 12.5. The van der Waals surface area contributed by atoms with E-state index in [1.165, 1.54) is 6.07 Å². The maximum Gasteiger partial charge on any atom is 0.225 e. The number of hydrogen-bond acceptors (Lipinski definition) is 3. The Morgan fingerprint density at radius 1 is 1.28 bits per heavy atom. The average Bonchev–Trinajstić information content (AvgIpc) is 2.39. The van der Waals surface area contributed by atoms with Gasteiger partial charge in [0.1, 0.15) is 11.0 Å². The van der Waals surface area contributed by atoms with Crippen molar-refractivity contribution in [1.82, 2.24) is 9.97 Å². The zero-order valence-electron chi connectivity index (χ0n) is 9.85. The second-order valence-corrected chi connectivity index (χ2v) is 4.05. The second kappa shape index (κ2) is 5.60. The molecule has 0 saturated heterocycles. The number of anilines is 1. The van der Waals surface area contributed by atoms with E-state index in [0.29, 0.717) is 23.2 Å². The van der Waals surface area contributed by atoms with E-state index < -0.39 is 0 Å². The van der Waals surface area contributed by atoms with Gasteiger partial charge in [0, 0.05) is 18.1 Å². The van der Waals surface area contributed by atoms with Crippen LogP contribution in [0, 0.1) is 0 Å². The SMILES string of the molecule is CCC(=O)Nc1cc(Cl)nc(-c2ccccc2)n1. The summed E-state index contributed by atoms with van der Waals surface area (Å²) >= 11 is 5.92.